The molecule has 0 amide bonds. The van der Waals surface area contributed by atoms with Gasteiger partial charge in [0.2, 0.25) is 0 Å². The van der Waals surface area contributed by atoms with Crippen LogP contribution < -0.4 is 0 Å². The van der Waals surface area contributed by atoms with Gasteiger partial charge in [-0.3, -0.25) is 0 Å². The molecule has 0 aromatic heterocycles. The van der Waals surface area contributed by atoms with Crippen molar-refractivity contribution in [1.29, 1.82) is 0 Å². The fourth-order valence-corrected chi connectivity index (χ4v) is 0.684. The smallest absolute Gasteiger partial charge is 0.0841 e. The minimum Gasteiger partial charge on any atom is -0.388 e. The minimum absolute atomic E-state index is 0.375. The molecular formula is C5H9BrO. The normalized spacial score (nSPS) is 13.6. The third-order valence-corrected chi connectivity index (χ3v) is 1.33. The van der Waals surface area contributed by atoms with Crippen molar-refractivity contribution in [3.8, 4) is 0 Å². The molecule has 1 atom stereocenters. The van der Waals surface area contributed by atoms with E-state index in [9.17, 15) is 0 Å². The van der Waals surface area contributed by atoms with Gasteiger partial charge in [-0.2, -0.15) is 0 Å². The Kier molecular flexibility index (Phi) is 3.30. The van der Waals surface area contributed by atoms with Gasteiger partial charge >= 0.3 is 0 Å². The molecule has 0 saturated heterocycles. The lowest BCUT2D eigenvalue weighted by atomic mass is 10.2. The first-order valence-corrected chi connectivity index (χ1v) is 3.20. The minimum atomic E-state index is -0.375. The molecule has 1 N–H and O–H groups in total. The maximum Gasteiger partial charge on any atom is 0.0841 e. The molecule has 0 spiro atoms. The predicted molar refractivity (Wildman–Crippen MR) is 34.6 cm³/mol. The fraction of sp³-hybridized carbons (Fsp3) is 0.600. The van der Waals surface area contributed by atoms with Crippen LogP contribution in [0.15, 0.2) is 12.2 Å². The van der Waals surface area contributed by atoms with Crippen LogP contribution in [0.3, 0.4) is 0 Å². The second-order valence-corrected chi connectivity index (χ2v) is 2.16. The summed E-state index contributed by atoms with van der Waals surface area (Å²) in [7, 11) is 0. The van der Waals surface area contributed by atoms with Crippen LogP contribution in [0.4, 0.5) is 0 Å². The molecule has 0 rings (SSSR count). The zero-order valence-electron chi connectivity index (χ0n) is 4.32. The summed E-state index contributed by atoms with van der Waals surface area (Å²) >= 11 is 3.10. The molecule has 42 valence electrons. The second kappa shape index (κ2) is 3.22. The van der Waals surface area contributed by atoms with Crippen LogP contribution in [0.2, 0.25) is 0 Å². The van der Waals surface area contributed by atoms with E-state index in [-0.39, 0.29) is 6.10 Å². The molecule has 1 unspecified atom stereocenters. The molecule has 0 aromatic carbocycles. The zero-order valence-corrected chi connectivity index (χ0v) is 5.90. The Morgan fingerprint density at radius 1 is 2.00 bits per heavy atom. The quantitative estimate of drug-likeness (QED) is 0.483. The lowest BCUT2D eigenvalue weighted by molar-refractivity contribution is 0.238. The van der Waals surface area contributed by atoms with Crippen LogP contribution in [0.5, 0.6) is 0 Å². The number of aliphatic hydroxyl groups excluding tert-OH is 1. The first kappa shape index (κ1) is 7.18. The Labute approximate surface area is 52.2 Å². The molecule has 7 heavy (non-hydrogen) atoms. The molecule has 0 bridgehead atoms. The summed E-state index contributed by atoms with van der Waals surface area (Å²) in [5, 5.41) is 9.37. The third-order valence-electron chi connectivity index (χ3n) is 0.715. The van der Waals surface area contributed by atoms with Crippen LogP contribution in [0.25, 0.3) is 0 Å². The fourth-order valence-electron chi connectivity index (χ4n) is 0.132. The summed E-state index contributed by atoms with van der Waals surface area (Å²) in [6, 6.07) is 0. The van der Waals surface area contributed by atoms with Crippen LogP contribution in [-0.4, -0.2) is 16.5 Å². The highest BCUT2D eigenvalue weighted by atomic mass is 79.9. The first-order valence-electron chi connectivity index (χ1n) is 2.08. The van der Waals surface area contributed by atoms with Crippen molar-refractivity contribution in [2.75, 3.05) is 5.33 Å². The van der Waals surface area contributed by atoms with Gasteiger partial charge in [-0.05, 0) is 6.92 Å². The number of rotatable bonds is 2. The first-order chi connectivity index (χ1) is 3.18. The molecule has 0 aliphatic carbocycles. The van der Waals surface area contributed by atoms with E-state index in [2.05, 4.69) is 22.5 Å². The Morgan fingerprint density at radius 2 is 2.43 bits per heavy atom. The van der Waals surface area contributed by atoms with Crippen LogP contribution in [0.1, 0.15) is 6.92 Å². The van der Waals surface area contributed by atoms with Gasteiger partial charge in [-0.15, -0.1) is 0 Å². The van der Waals surface area contributed by atoms with Crippen molar-refractivity contribution >= 4 is 15.9 Å². The lowest BCUT2D eigenvalue weighted by Crippen LogP contribution is -2.07. The maximum atomic E-state index is 8.79. The van der Waals surface area contributed by atoms with E-state index >= 15 is 0 Å². The second-order valence-electron chi connectivity index (χ2n) is 1.52. The molecule has 0 aliphatic rings. The van der Waals surface area contributed by atoms with E-state index in [0.717, 1.165) is 5.57 Å². The van der Waals surface area contributed by atoms with Gasteiger partial charge in [-0.1, -0.05) is 28.1 Å². The Balaban J connectivity index is 3.34. The summed E-state index contributed by atoms with van der Waals surface area (Å²) in [4.78, 5) is 0. The van der Waals surface area contributed by atoms with E-state index in [1.54, 1.807) is 6.92 Å². The van der Waals surface area contributed by atoms with E-state index in [0.29, 0.717) is 5.33 Å². The molecule has 2 heteroatoms. The lowest BCUT2D eigenvalue weighted by Gasteiger charge is -2.02. The predicted octanol–water partition coefficient (Wildman–Crippen LogP) is 1.32. The van der Waals surface area contributed by atoms with Crippen molar-refractivity contribution in [3.05, 3.63) is 12.2 Å². The summed E-state index contributed by atoms with van der Waals surface area (Å²) in [6.45, 7) is 5.34. The molecule has 0 heterocycles. The molecule has 0 aliphatic heterocycles. The molecule has 0 radical (unpaired) electrons. The summed E-state index contributed by atoms with van der Waals surface area (Å²) in [6.07, 6.45) is -0.375. The maximum absolute atomic E-state index is 8.79. The molecular weight excluding hydrogens is 156 g/mol. The van der Waals surface area contributed by atoms with Gasteiger partial charge < -0.3 is 5.11 Å². The van der Waals surface area contributed by atoms with Crippen molar-refractivity contribution < 1.29 is 5.11 Å². The monoisotopic (exact) mass is 164 g/mol. The highest BCUT2D eigenvalue weighted by Crippen LogP contribution is 1.99. The number of halogens is 1. The van der Waals surface area contributed by atoms with Crippen molar-refractivity contribution in [2.24, 2.45) is 0 Å². The van der Waals surface area contributed by atoms with E-state index in [1.165, 1.54) is 0 Å². The Hall–Kier alpha value is 0.180. The molecule has 1 nitrogen and oxygen atoms in total. The van der Waals surface area contributed by atoms with Crippen molar-refractivity contribution in [3.63, 3.8) is 0 Å². The average Bonchev–Trinajstić information content (AvgIpc) is 1.65. The molecule has 0 saturated carbocycles. The van der Waals surface area contributed by atoms with Gasteiger partial charge in [-0.25, -0.2) is 0 Å². The Bertz CT molecular complexity index is 70.5. The zero-order chi connectivity index (χ0) is 5.86. The van der Waals surface area contributed by atoms with E-state index in [4.69, 9.17) is 5.11 Å². The number of alkyl halides is 1. The molecule has 0 fully saturated rings. The van der Waals surface area contributed by atoms with Gasteiger partial charge in [0.15, 0.2) is 0 Å². The highest BCUT2D eigenvalue weighted by molar-refractivity contribution is 9.09. The third kappa shape index (κ3) is 2.83. The van der Waals surface area contributed by atoms with Crippen LogP contribution in [0, 0.1) is 0 Å². The van der Waals surface area contributed by atoms with E-state index < -0.39 is 0 Å². The number of hydrogen-bond acceptors (Lipinski definition) is 1. The Morgan fingerprint density at radius 3 is 2.43 bits per heavy atom. The van der Waals surface area contributed by atoms with Gasteiger partial charge in [0, 0.05) is 5.33 Å². The van der Waals surface area contributed by atoms with Crippen molar-refractivity contribution in [1.82, 2.24) is 0 Å². The number of aliphatic hydroxyl groups is 1. The SMILES string of the molecule is C=C(C)C(O)CBr. The largest absolute Gasteiger partial charge is 0.388 e. The van der Waals surface area contributed by atoms with E-state index in [1.807, 2.05) is 0 Å². The highest BCUT2D eigenvalue weighted by Gasteiger charge is 1.98. The summed E-state index contributed by atoms with van der Waals surface area (Å²) < 4.78 is 0. The van der Waals surface area contributed by atoms with Crippen molar-refractivity contribution in [2.45, 2.75) is 13.0 Å². The van der Waals surface area contributed by atoms with Gasteiger partial charge in [0.05, 0.1) is 6.10 Å². The molecule has 0 aromatic rings. The van der Waals surface area contributed by atoms with Crippen LogP contribution >= 0.6 is 15.9 Å². The average molecular weight is 165 g/mol. The summed E-state index contributed by atoms with van der Waals surface area (Å²) in [5.41, 5.74) is 0.803. The van der Waals surface area contributed by atoms with Gasteiger partial charge in [0.25, 0.3) is 0 Å². The van der Waals surface area contributed by atoms with Gasteiger partial charge in [0.1, 0.15) is 0 Å². The summed E-state index contributed by atoms with van der Waals surface area (Å²) in [5.74, 6) is 0. The van der Waals surface area contributed by atoms with Crippen LogP contribution in [-0.2, 0) is 0 Å². The number of hydrogen-bond donors (Lipinski definition) is 1. The topological polar surface area (TPSA) is 20.2 Å². The standard InChI is InChI=1S/C5H9BrO/c1-4(2)5(7)3-6/h5,7H,1,3H2,2H3.